The number of nitrogens with two attached hydrogens (primary N) is 1. The van der Waals surface area contributed by atoms with Crippen LogP contribution in [0.25, 0.3) is 0 Å². The van der Waals surface area contributed by atoms with Crippen molar-refractivity contribution in [3.8, 4) is 0 Å². The highest BCUT2D eigenvalue weighted by Gasteiger charge is 2.28. The van der Waals surface area contributed by atoms with Gasteiger partial charge >= 0.3 is 6.09 Å². The van der Waals surface area contributed by atoms with Gasteiger partial charge in [0.1, 0.15) is 6.10 Å². The van der Waals surface area contributed by atoms with Gasteiger partial charge in [0, 0.05) is 13.1 Å². The van der Waals surface area contributed by atoms with Crippen LogP contribution in [0, 0.1) is 0 Å². The lowest BCUT2D eigenvalue weighted by atomic mass is 10.3. The van der Waals surface area contributed by atoms with Crippen LogP contribution in [0.1, 0.15) is 13.3 Å². The van der Waals surface area contributed by atoms with E-state index in [2.05, 4.69) is 0 Å². The van der Waals surface area contributed by atoms with Crippen LogP contribution < -0.4 is 5.73 Å². The number of hydrogen-bond acceptors (Lipinski definition) is 3. The second-order valence-corrected chi connectivity index (χ2v) is 2.69. The molecule has 1 unspecified atom stereocenters. The molecule has 0 saturated carbocycles. The van der Waals surface area contributed by atoms with Gasteiger partial charge in [0.25, 0.3) is 0 Å². The van der Waals surface area contributed by atoms with Gasteiger partial charge in [-0.1, -0.05) is 6.92 Å². The summed E-state index contributed by atoms with van der Waals surface area (Å²) in [6.07, 6.45) is 0.656. The largest absolute Gasteiger partial charge is 0.443 e. The van der Waals surface area contributed by atoms with E-state index in [-0.39, 0.29) is 12.2 Å². The predicted octanol–water partition coefficient (Wildman–Crippen LogP) is 0.176. The Labute approximate surface area is 66.3 Å². The molecule has 1 saturated heterocycles. The molecule has 0 spiro atoms. The minimum Gasteiger partial charge on any atom is -0.443 e. The Kier molecular flexibility index (Phi) is 2.70. The fourth-order valence-corrected chi connectivity index (χ4v) is 1.15. The highest BCUT2D eigenvalue weighted by atomic mass is 16.6. The van der Waals surface area contributed by atoms with E-state index < -0.39 is 0 Å². The third-order valence-corrected chi connectivity index (χ3v) is 1.71. The van der Waals surface area contributed by atoms with E-state index in [9.17, 15) is 4.79 Å². The van der Waals surface area contributed by atoms with Crippen molar-refractivity contribution in [1.82, 2.24) is 4.90 Å². The summed E-state index contributed by atoms with van der Waals surface area (Å²) < 4.78 is 4.94. The Balaban J connectivity index is 2.38. The first-order valence-electron chi connectivity index (χ1n) is 3.93. The van der Waals surface area contributed by atoms with E-state index in [4.69, 9.17) is 10.5 Å². The molecule has 1 aliphatic heterocycles. The maximum absolute atomic E-state index is 11.0. The highest BCUT2D eigenvalue weighted by Crippen LogP contribution is 2.09. The molecule has 4 heteroatoms. The van der Waals surface area contributed by atoms with Crippen molar-refractivity contribution in [3.05, 3.63) is 0 Å². The molecular formula is C7H14N2O2. The van der Waals surface area contributed by atoms with E-state index in [1.165, 1.54) is 0 Å². The molecule has 1 rings (SSSR count). The number of ether oxygens (including phenoxy) is 1. The van der Waals surface area contributed by atoms with Crippen molar-refractivity contribution < 1.29 is 9.53 Å². The molecule has 1 heterocycles. The van der Waals surface area contributed by atoms with E-state index in [0.29, 0.717) is 13.1 Å². The number of rotatable bonds is 3. The first-order chi connectivity index (χ1) is 5.27. The number of carbonyl (C=O) groups is 1. The lowest BCUT2D eigenvalue weighted by molar-refractivity contribution is 0.135. The van der Waals surface area contributed by atoms with E-state index >= 15 is 0 Å². The average Bonchev–Trinajstić information content (AvgIpc) is 2.33. The molecule has 1 atom stereocenters. The minimum absolute atomic E-state index is 0.0888. The monoisotopic (exact) mass is 158 g/mol. The van der Waals surface area contributed by atoms with E-state index in [1.807, 2.05) is 6.92 Å². The van der Waals surface area contributed by atoms with Crippen LogP contribution in [0.5, 0.6) is 0 Å². The van der Waals surface area contributed by atoms with Gasteiger partial charge in [-0.25, -0.2) is 4.79 Å². The quantitative estimate of drug-likeness (QED) is 0.637. The van der Waals surface area contributed by atoms with Crippen molar-refractivity contribution in [2.24, 2.45) is 5.73 Å². The summed E-state index contributed by atoms with van der Waals surface area (Å²) in [7, 11) is 0. The smallest absolute Gasteiger partial charge is 0.410 e. The predicted molar refractivity (Wildman–Crippen MR) is 41.2 cm³/mol. The fourth-order valence-electron chi connectivity index (χ4n) is 1.15. The van der Waals surface area contributed by atoms with Crippen LogP contribution in [-0.2, 0) is 4.74 Å². The van der Waals surface area contributed by atoms with Crippen LogP contribution in [0.2, 0.25) is 0 Å². The summed E-state index contributed by atoms with van der Waals surface area (Å²) in [5.41, 5.74) is 5.35. The Morgan fingerprint density at radius 2 is 2.55 bits per heavy atom. The molecule has 0 radical (unpaired) electrons. The molecule has 1 amide bonds. The Hall–Kier alpha value is -0.770. The molecule has 2 N–H and O–H groups in total. The first-order valence-corrected chi connectivity index (χ1v) is 3.93. The number of nitrogens with zero attached hydrogens (tertiary/aromatic N) is 1. The lowest BCUT2D eigenvalue weighted by Gasteiger charge is -2.09. The zero-order chi connectivity index (χ0) is 8.27. The zero-order valence-electron chi connectivity index (χ0n) is 6.75. The molecule has 1 aliphatic rings. The number of hydrogen-bond donors (Lipinski definition) is 1. The SMILES string of the molecule is CCCN1CC(CN)OC1=O. The van der Waals surface area contributed by atoms with Crippen LogP contribution in [0.15, 0.2) is 0 Å². The molecule has 4 nitrogen and oxygen atoms in total. The number of amides is 1. The van der Waals surface area contributed by atoms with Crippen molar-refractivity contribution in [3.63, 3.8) is 0 Å². The second-order valence-electron chi connectivity index (χ2n) is 2.69. The van der Waals surface area contributed by atoms with Gasteiger partial charge in [0.15, 0.2) is 0 Å². The lowest BCUT2D eigenvalue weighted by Crippen LogP contribution is -2.28. The maximum atomic E-state index is 11.0. The molecule has 1 fully saturated rings. The topological polar surface area (TPSA) is 55.6 Å². The van der Waals surface area contributed by atoms with Crippen LogP contribution in [-0.4, -0.2) is 36.7 Å². The summed E-state index contributed by atoms with van der Waals surface area (Å²) >= 11 is 0. The molecule has 0 aromatic carbocycles. The number of carbonyl (C=O) groups excluding carboxylic acids is 1. The molecule has 0 bridgehead atoms. The van der Waals surface area contributed by atoms with Crippen LogP contribution >= 0.6 is 0 Å². The Bertz CT molecular complexity index is 149. The van der Waals surface area contributed by atoms with Gasteiger partial charge in [0.2, 0.25) is 0 Å². The third kappa shape index (κ3) is 1.83. The molecule has 11 heavy (non-hydrogen) atoms. The summed E-state index contributed by atoms with van der Waals surface area (Å²) in [5.74, 6) is 0. The minimum atomic E-state index is -0.220. The molecule has 0 aromatic rings. The van der Waals surface area contributed by atoms with Crippen molar-refractivity contribution in [1.29, 1.82) is 0 Å². The van der Waals surface area contributed by atoms with Crippen molar-refractivity contribution in [2.45, 2.75) is 19.4 Å². The van der Waals surface area contributed by atoms with Crippen LogP contribution in [0.4, 0.5) is 4.79 Å². The second kappa shape index (κ2) is 3.57. The summed E-state index contributed by atoms with van der Waals surface area (Å²) in [6, 6.07) is 0. The van der Waals surface area contributed by atoms with Crippen LogP contribution in [0.3, 0.4) is 0 Å². The maximum Gasteiger partial charge on any atom is 0.410 e. The third-order valence-electron chi connectivity index (χ3n) is 1.71. The summed E-state index contributed by atoms with van der Waals surface area (Å²) in [4.78, 5) is 12.7. The standard InChI is InChI=1S/C7H14N2O2/c1-2-3-9-5-6(4-8)11-7(9)10/h6H,2-5,8H2,1H3. The van der Waals surface area contributed by atoms with Gasteiger partial charge < -0.3 is 15.4 Å². The summed E-state index contributed by atoms with van der Waals surface area (Å²) in [6.45, 7) is 3.88. The molecule has 0 aliphatic carbocycles. The first kappa shape index (κ1) is 8.33. The Morgan fingerprint density at radius 1 is 1.82 bits per heavy atom. The number of cyclic esters (lactones) is 1. The van der Waals surface area contributed by atoms with Crippen molar-refractivity contribution in [2.75, 3.05) is 19.6 Å². The zero-order valence-corrected chi connectivity index (χ0v) is 6.75. The van der Waals surface area contributed by atoms with E-state index in [0.717, 1.165) is 13.0 Å². The van der Waals surface area contributed by atoms with Gasteiger partial charge in [-0.2, -0.15) is 0 Å². The van der Waals surface area contributed by atoms with Gasteiger partial charge in [-0.15, -0.1) is 0 Å². The van der Waals surface area contributed by atoms with Gasteiger partial charge in [-0.05, 0) is 6.42 Å². The fraction of sp³-hybridized carbons (Fsp3) is 0.857. The summed E-state index contributed by atoms with van der Waals surface area (Å²) in [5, 5.41) is 0. The van der Waals surface area contributed by atoms with E-state index in [1.54, 1.807) is 4.90 Å². The average molecular weight is 158 g/mol. The van der Waals surface area contributed by atoms with Gasteiger partial charge in [0.05, 0.1) is 6.54 Å². The highest BCUT2D eigenvalue weighted by molar-refractivity contribution is 5.69. The molecule has 64 valence electrons. The van der Waals surface area contributed by atoms with Gasteiger partial charge in [-0.3, -0.25) is 0 Å². The molecule has 0 aromatic heterocycles. The molecular weight excluding hydrogens is 144 g/mol. The van der Waals surface area contributed by atoms with Crippen molar-refractivity contribution >= 4 is 6.09 Å². The normalized spacial score (nSPS) is 24.0. The Morgan fingerprint density at radius 3 is 3.00 bits per heavy atom.